The first-order chi connectivity index (χ1) is 13.8. The Bertz CT molecular complexity index is 901. The first-order valence-corrected chi connectivity index (χ1v) is 9.74. The van der Waals surface area contributed by atoms with E-state index in [4.69, 9.17) is 0 Å². The number of rotatable bonds is 6. The number of hydrogen-bond acceptors (Lipinski definition) is 1. The summed E-state index contributed by atoms with van der Waals surface area (Å²) in [7, 11) is 2.00. The van der Waals surface area contributed by atoms with Gasteiger partial charge in [0.15, 0.2) is 0 Å². The van der Waals surface area contributed by atoms with E-state index in [1.807, 2.05) is 79.6 Å². The van der Waals surface area contributed by atoms with Crippen molar-refractivity contribution in [3.8, 4) is 0 Å². The highest BCUT2D eigenvalue weighted by molar-refractivity contribution is 5.53. The third-order valence-electron chi connectivity index (χ3n) is 4.19. The molecule has 150 valence electrons. The highest BCUT2D eigenvalue weighted by atomic mass is 15.1. The Kier molecular flexibility index (Phi) is 10.6. The molecule has 0 spiro atoms. The van der Waals surface area contributed by atoms with Crippen molar-refractivity contribution in [1.29, 1.82) is 0 Å². The van der Waals surface area contributed by atoms with Gasteiger partial charge in [0.2, 0.25) is 0 Å². The molecule has 0 aliphatic heterocycles. The molecule has 0 atom stereocenters. The molecule has 2 rings (SSSR count). The van der Waals surface area contributed by atoms with Gasteiger partial charge in [0.1, 0.15) is 0 Å². The monoisotopic (exact) mass is 383 g/mol. The molecule has 0 radical (unpaired) electrons. The smallest absolute Gasteiger partial charge is 0.0407 e. The van der Waals surface area contributed by atoms with Crippen LogP contribution in [0.1, 0.15) is 26.3 Å². The fourth-order valence-electron chi connectivity index (χ4n) is 2.21. The van der Waals surface area contributed by atoms with Crippen molar-refractivity contribution >= 4 is 5.69 Å². The van der Waals surface area contributed by atoms with Crippen LogP contribution >= 0.6 is 0 Å². The number of anilines is 1. The second-order valence-corrected chi connectivity index (χ2v) is 7.08. The quantitative estimate of drug-likeness (QED) is 0.363. The lowest BCUT2D eigenvalue weighted by Gasteiger charge is -2.19. The van der Waals surface area contributed by atoms with Gasteiger partial charge in [0.05, 0.1) is 0 Å². The minimum absolute atomic E-state index is 0.911. The molecule has 0 fully saturated rings. The zero-order valence-electron chi connectivity index (χ0n) is 18.4. The van der Waals surface area contributed by atoms with E-state index in [9.17, 15) is 0 Å². The molecule has 0 saturated carbocycles. The number of hydrogen-bond donors (Lipinski definition) is 0. The average molecular weight is 384 g/mol. The number of allylic oxidation sites excluding steroid dienone is 6. The Balaban J connectivity index is 0.000000502. The Labute approximate surface area is 177 Å². The molecule has 0 heterocycles. The lowest BCUT2D eigenvalue weighted by molar-refractivity contribution is 1.14. The minimum Gasteiger partial charge on any atom is -0.345 e. The topological polar surface area (TPSA) is 3.24 Å². The van der Waals surface area contributed by atoms with Crippen molar-refractivity contribution in [1.82, 2.24) is 0 Å². The maximum Gasteiger partial charge on any atom is 0.0407 e. The molecular formula is C28H33N. The summed E-state index contributed by atoms with van der Waals surface area (Å²) in [5.41, 5.74) is 9.76. The van der Waals surface area contributed by atoms with Crippen LogP contribution in [0, 0.1) is 6.92 Å². The van der Waals surface area contributed by atoms with Crippen LogP contribution in [-0.2, 0) is 0 Å². The fraction of sp³-hybridized carbons (Fsp3) is 0.179. The Morgan fingerprint density at radius 1 is 0.862 bits per heavy atom. The number of para-hydroxylation sites is 1. The van der Waals surface area contributed by atoms with Crippen LogP contribution in [0.2, 0.25) is 0 Å². The lowest BCUT2D eigenvalue weighted by atomic mass is 10.1. The maximum absolute atomic E-state index is 4.10. The van der Waals surface area contributed by atoms with Crippen molar-refractivity contribution in [2.24, 2.45) is 0 Å². The number of aryl methyl sites for hydroxylation is 1. The van der Waals surface area contributed by atoms with E-state index < -0.39 is 0 Å². The van der Waals surface area contributed by atoms with Crippen LogP contribution in [0.4, 0.5) is 5.69 Å². The zero-order chi connectivity index (χ0) is 21.6. The summed E-state index contributed by atoms with van der Waals surface area (Å²) in [5.74, 6) is 0. The van der Waals surface area contributed by atoms with Gasteiger partial charge in [-0.3, -0.25) is 0 Å². The standard InChI is InChI=1S/C21H25N.C7H8/c1-17(2)11-10-12-18(3)19(4)15-16-20(5)22(6)21-13-8-7-9-14-21;1-7-5-3-2-4-6-7/h7-11,13-16H,4-5H2,1-3,6H3;2-6H,1H3/b16-15-;. The summed E-state index contributed by atoms with van der Waals surface area (Å²) in [6.45, 7) is 16.4. The van der Waals surface area contributed by atoms with Crippen LogP contribution < -0.4 is 4.90 Å². The minimum atomic E-state index is 0.911. The van der Waals surface area contributed by atoms with Crippen molar-refractivity contribution in [3.63, 3.8) is 0 Å². The lowest BCUT2D eigenvalue weighted by Crippen LogP contribution is -2.13. The van der Waals surface area contributed by atoms with Gasteiger partial charge in [0, 0.05) is 18.4 Å². The summed E-state index contributed by atoms with van der Waals surface area (Å²) in [6, 6.07) is 20.4. The molecule has 2 aromatic carbocycles. The van der Waals surface area contributed by atoms with E-state index in [0.717, 1.165) is 22.5 Å². The second kappa shape index (κ2) is 13.0. The van der Waals surface area contributed by atoms with E-state index in [2.05, 4.69) is 63.9 Å². The van der Waals surface area contributed by atoms with E-state index in [1.54, 1.807) is 0 Å². The Morgan fingerprint density at radius 3 is 1.90 bits per heavy atom. The molecule has 0 aromatic heterocycles. The van der Waals surface area contributed by atoms with Crippen LogP contribution in [0.3, 0.4) is 0 Å². The molecule has 0 aliphatic rings. The summed E-state index contributed by atoms with van der Waals surface area (Å²) >= 11 is 0. The summed E-state index contributed by atoms with van der Waals surface area (Å²) in [6.07, 6.45) is 7.90. The molecule has 1 nitrogen and oxygen atoms in total. The highest BCUT2D eigenvalue weighted by Crippen LogP contribution is 2.17. The van der Waals surface area contributed by atoms with Gasteiger partial charge in [-0.05, 0) is 63.1 Å². The molecule has 0 aliphatic carbocycles. The molecule has 0 amide bonds. The second-order valence-electron chi connectivity index (χ2n) is 7.08. The summed E-state index contributed by atoms with van der Waals surface area (Å²) in [5, 5.41) is 0. The van der Waals surface area contributed by atoms with Crippen molar-refractivity contribution < 1.29 is 0 Å². The van der Waals surface area contributed by atoms with Crippen molar-refractivity contribution in [3.05, 3.63) is 132 Å². The van der Waals surface area contributed by atoms with Gasteiger partial charge in [0.25, 0.3) is 0 Å². The third kappa shape index (κ3) is 10.0. The molecule has 29 heavy (non-hydrogen) atoms. The molecule has 0 saturated heterocycles. The molecular weight excluding hydrogens is 350 g/mol. The van der Waals surface area contributed by atoms with E-state index >= 15 is 0 Å². The van der Waals surface area contributed by atoms with Crippen molar-refractivity contribution in [2.75, 3.05) is 11.9 Å². The van der Waals surface area contributed by atoms with Crippen LogP contribution in [-0.4, -0.2) is 7.05 Å². The number of benzene rings is 2. The van der Waals surface area contributed by atoms with Crippen LogP contribution in [0.5, 0.6) is 0 Å². The Morgan fingerprint density at radius 2 is 1.41 bits per heavy atom. The van der Waals surface area contributed by atoms with E-state index in [0.29, 0.717) is 0 Å². The molecule has 1 heteroatoms. The third-order valence-corrected chi connectivity index (χ3v) is 4.19. The highest BCUT2D eigenvalue weighted by Gasteiger charge is 2.01. The number of likely N-dealkylation sites (N-methyl/N-ethyl adjacent to an activating group) is 1. The molecule has 0 unspecified atom stereocenters. The SMILES string of the molecule is C=C(/C=C\C(=C)N(C)c1ccccc1)C(C)=C=CC=C(C)C.Cc1ccccc1. The van der Waals surface area contributed by atoms with Crippen LogP contribution in [0.15, 0.2) is 126 Å². The zero-order valence-corrected chi connectivity index (χ0v) is 18.4. The molecule has 0 bridgehead atoms. The first kappa shape index (κ1) is 23.8. The van der Waals surface area contributed by atoms with Crippen LogP contribution in [0.25, 0.3) is 0 Å². The fourth-order valence-corrected chi connectivity index (χ4v) is 2.21. The largest absolute Gasteiger partial charge is 0.345 e. The van der Waals surface area contributed by atoms with Gasteiger partial charge in [-0.2, -0.15) is 0 Å². The predicted molar refractivity (Wildman–Crippen MR) is 130 cm³/mol. The van der Waals surface area contributed by atoms with Crippen molar-refractivity contribution in [2.45, 2.75) is 27.7 Å². The summed E-state index contributed by atoms with van der Waals surface area (Å²) < 4.78 is 0. The number of nitrogens with zero attached hydrogens (tertiary/aromatic N) is 1. The molecule has 2 aromatic rings. The van der Waals surface area contributed by atoms with E-state index in [1.165, 1.54) is 11.1 Å². The van der Waals surface area contributed by atoms with Gasteiger partial charge >= 0.3 is 0 Å². The molecule has 0 N–H and O–H groups in total. The van der Waals surface area contributed by atoms with Gasteiger partial charge in [-0.1, -0.05) is 85.0 Å². The maximum atomic E-state index is 4.10. The summed E-state index contributed by atoms with van der Waals surface area (Å²) in [4.78, 5) is 2.04. The normalized spacial score (nSPS) is 9.55. The van der Waals surface area contributed by atoms with Gasteiger partial charge in [-0.25, -0.2) is 0 Å². The van der Waals surface area contributed by atoms with Gasteiger partial charge in [-0.15, -0.1) is 5.73 Å². The van der Waals surface area contributed by atoms with Gasteiger partial charge < -0.3 is 4.90 Å². The first-order valence-electron chi connectivity index (χ1n) is 9.74. The average Bonchev–Trinajstić information content (AvgIpc) is 2.72. The predicted octanol–water partition coefficient (Wildman–Crippen LogP) is 7.81. The Hall–Kier alpha value is -3.28. The van der Waals surface area contributed by atoms with E-state index in [-0.39, 0.29) is 0 Å².